The molecule has 0 radical (unpaired) electrons. The Labute approximate surface area is 90.2 Å². The smallest absolute Gasteiger partial charge is 0.165 e. The third-order valence-electron chi connectivity index (χ3n) is 2.61. The first-order valence-electron chi connectivity index (χ1n) is 4.65. The first-order chi connectivity index (χ1) is 7.11. The van der Waals surface area contributed by atoms with Crippen LogP contribution >= 0.6 is 11.6 Å². The molecule has 0 bridgehead atoms. The molecule has 82 valence electrons. The quantitative estimate of drug-likeness (QED) is 0.738. The van der Waals surface area contributed by atoms with E-state index in [0.29, 0.717) is 25.6 Å². The predicted octanol–water partition coefficient (Wildman–Crippen LogP) is 2.83. The summed E-state index contributed by atoms with van der Waals surface area (Å²) in [4.78, 5) is 0. The fraction of sp³-hybridized carbons (Fsp3) is 0.400. The minimum Gasteiger partial charge on any atom is -0.316 e. The van der Waals surface area contributed by atoms with Gasteiger partial charge in [-0.15, -0.1) is 0 Å². The van der Waals surface area contributed by atoms with Crippen molar-refractivity contribution in [1.82, 2.24) is 5.32 Å². The highest BCUT2D eigenvalue weighted by Crippen LogP contribution is 2.32. The van der Waals surface area contributed by atoms with Crippen LogP contribution in [0.4, 0.5) is 13.2 Å². The van der Waals surface area contributed by atoms with Gasteiger partial charge >= 0.3 is 0 Å². The molecule has 2 rings (SSSR count). The van der Waals surface area contributed by atoms with E-state index in [4.69, 9.17) is 11.6 Å². The summed E-state index contributed by atoms with van der Waals surface area (Å²) in [7, 11) is 0. The molecule has 1 unspecified atom stereocenters. The maximum atomic E-state index is 13.5. The van der Waals surface area contributed by atoms with Gasteiger partial charge in [0.05, 0.1) is 5.02 Å². The van der Waals surface area contributed by atoms with Crippen LogP contribution in [0.5, 0.6) is 0 Å². The van der Waals surface area contributed by atoms with Gasteiger partial charge in [-0.25, -0.2) is 13.2 Å². The van der Waals surface area contributed by atoms with Crippen LogP contribution in [0.25, 0.3) is 0 Å². The van der Waals surface area contributed by atoms with Crippen molar-refractivity contribution in [3.8, 4) is 0 Å². The Bertz CT molecular complexity index is 362. The number of halogens is 4. The topological polar surface area (TPSA) is 12.0 Å². The molecule has 1 N–H and O–H groups in total. The summed E-state index contributed by atoms with van der Waals surface area (Å²) in [5.41, 5.74) is -0.231. The van der Waals surface area contributed by atoms with Gasteiger partial charge < -0.3 is 5.32 Å². The summed E-state index contributed by atoms with van der Waals surface area (Å²) in [6, 6.07) is 0.665. The van der Waals surface area contributed by atoms with Crippen molar-refractivity contribution in [2.24, 2.45) is 0 Å². The lowest BCUT2D eigenvalue weighted by Crippen LogP contribution is -2.11. The Kier molecular flexibility index (Phi) is 2.89. The van der Waals surface area contributed by atoms with Crippen molar-refractivity contribution >= 4 is 11.6 Å². The third-order valence-corrected chi connectivity index (χ3v) is 2.89. The molecular formula is C10H9ClF3N. The predicted molar refractivity (Wildman–Crippen MR) is 51.6 cm³/mol. The standard InChI is InChI=1S/C10H9ClF3N/c11-6-3-7(12)10(14)8(9(6)13)5-1-2-15-4-5/h3,5,15H,1-2,4H2. The van der Waals surface area contributed by atoms with Gasteiger partial charge in [0.15, 0.2) is 11.6 Å². The Morgan fingerprint density at radius 1 is 1.27 bits per heavy atom. The second kappa shape index (κ2) is 4.02. The number of nitrogens with one attached hydrogen (secondary N) is 1. The molecule has 1 aliphatic rings. The minimum atomic E-state index is -1.12. The lowest BCUT2D eigenvalue weighted by atomic mass is 9.97. The molecule has 1 fully saturated rings. The zero-order valence-electron chi connectivity index (χ0n) is 7.79. The van der Waals surface area contributed by atoms with Gasteiger partial charge in [-0.3, -0.25) is 0 Å². The molecule has 5 heteroatoms. The fourth-order valence-electron chi connectivity index (χ4n) is 1.85. The minimum absolute atomic E-state index is 0.231. The first-order valence-corrected chi connectivity index (χ1v) is 5.02. The number of hydrogen-bond donors (Lipinski definition) is 1. The summed E-state index contributed by atoms with van der Waals surface area (Å²) in [6.45, 7) is 1.13. The SMILES string of the molecule is Fc1cc(Cl)c(F)c(C2CCNC2)c1F. The van der Waals surface area contributed by atoms with Crippen molar-refractivity contribution in [2.45, 2.75) is 12.3 Å². The van der Waals surface area contributed by atoms with Crippen LogP contribution in [0.1, 0.15) is 17.9 Å². The summed E-state index contributed by atoms with van der Waals surface area (Å²) < 4.78 is 39.9. The van der Waals surface area contributed by atoms with Gasteiger partial charge in [0.1, 0.15) is 5.82 Å². The molecule has 1 heterocycles. The van der Waals surface area contributed by atoms with Crippen LogP contribution in [-0.2, 0) is 0 Å². The molecule has 15 heavy (non-hydrogen) atoms. The van der Waals surface area contributed by atoms with E-state index in [0.717, 1.165) is 0 Å². The van der Waals surface area contributed by atoms with E-state index < -0.39 is 17.5 Å². The molecule has 0 saturated carbocycles. The summed E-state index contributed by atoms with van der Waals surface area (Å²) in [5.74, 6) is -3.39. The zero-order chi connectivity index (χ0) is 11.0. The highest BCUT2D eigenvalue weighted by Gasteiger charge is 2.27. The largest absolute Gasteiger partial charge is 0.316 e. The second-order valence-corrected chi connectivity index (χ2v) is 3.98. The van der Waals surface area contributed by atoms with Crippen LogP contribution in [0.3, 0.4) is 0 Å². The lowest BCUT2D eigenvalue weighted by molar-refractivity contribution is 0.468. The summed E-state index contributed by atoms with van der Waals surface area (Å²) >= 11 is 5.47. The highest BCUT2D eigenvalue weighted by molar-refractivity contribution is 6.30. The molecule has 0 aromatic heterocycles. The summed E-state index contributed by atoms with van der Waals surface area (Å²) in [6.07, 6.45) is 0.591. The van der Waals surface area contributed by atoms with Gasteiger partial charge in [-0.2, -0.15) is 0 Å². The molecule has 0 amide bonds. The molecule has 1 aromatic rings. The van der Waals surface area contributed by atoms with Gasteiger partial charge in [-0.1, -0.05) is 11.6 Å². The Morgan fingerprint density at radius 3 is 2.60 bits per heavy atom. The van der Waals surface area contributed by atoms with Crippen molar-refractivity contribution in [3.05, 3.63) is 34.1 Å². The average molecular weight is 236 g/mol. The van der Waals surface area contributed by atoms with Crippen molar-refractivity contribution in [3.63, 3.8) is 0 Å². The van der Waals surface area contributed by atoms with Crippen molar-refractivity contribution in [1.29, 1.82) is 0 Å². The summed E-state index contributed by atoms with van der Waals surface area (Å²) in [5, 5.41) is 2.60. The van der Waals surface area contributed by atoms with Crippen molar-refractivity contribution in [2.75, 3.05) is 13.1 Å². The maximum Gasteiger partial charge on any atom is 0.165 e. The molecule has 1 atom stereocenters. The van der Waals surface area contributed by atoms with Crippen molar-refractivity contribution < 1.29 is 13.2 Å². The number of hydrogen-bond acceptors (Lipinski definition) is 1. The van der Waals surface area contributed by atoms with E-state index >= 15 is 0 Å². The van der Waals surface area contributed by atoms with Crippen LogP contribution < -0.4 is 5.32 Å². The Morgan fingerprint density at radius 2 is 2.00 bits per heavy atom. The molecule has 1 aliphatic heterocycles. The maximum absolute atomic E-state index is 13.5. The second-order valence-electron chi connectivity index (χ2n) is 3.57. The van der Waals surface area contributed by atoms with Gasteiger partial charge in [0.25, 0.3) is 0 Å². The van der Waals surface area contributed by atoms with E-state index in [1.807, 2.05) is 0 Å². The van der Waals surface area contributed by atoms with Gasteiger partial charge in [0, 0.05) is 18.0 Å². The third kappa shape index (κ3) is 1.84. The van der Waals surface area contributed by atoms with Gasteiger partial charge in [0.2, 0.25) is 0 Å². The highest BCUT2D eigenvalue weighted by atomic mass is 35.5. The first kappa shape index (κ1) is 10.8. The fourth-order valence-corrected chi connectivity index (χ4v) is 2.05. The average Bonchev–Trinajstić information content (AvgIpc) is 2.69. The van der Waals surface area contributed by atoms with E-state index in [1.54, 1.807) is 0 Å². The molecule has 1 aromatic carbocycles. The Balaban J connectivity index is 2.52. The van der Waals surface area contributed by atoms with E-state index in [2.05, 4.69) is 5.32 Å². The molecule has 0 spiro atoms. The lowest BCUT2D eigenvalue weighted by Gasteiger charge is -2.12. The normalized spacial score (nSPS) is 20.9. The Hall–Kier alpha value is -0.740. The van der Waals surface area contributed by atoms with Crippen LogP contribution in [0, 0.1) is 17.5 Å². The van der Waals surface area contributed by atoms with E-state index in [-0.39, 0.29) is 16.5 Å². The molecule has 1 nitrogen and oxygen atoms in total. The van der Waals surface area contributed by atoms with E-state index in [9.17, 15) is 13.2 Å². The molecular weight excluding hydrogens is 227 g/mol. The monoisotopic (exact) mass is 235 g/mol. The van der Waals surface area contributed by atoms with Crippen LogP contribution in [0.2, 0.25) is 5.02 Å². The molecule has 1 saturated heterocycles. The zero-order valence-corrected chi connectivity index (χ0v) is 8.54. The van der Waals surface area contributed by atoms with Gasteiger partial charge in [-0.05, 0) is 19.0 Å². The molecule has 0 aliphatic carbocycles. The van der Waals surface area contributed by atoms with E-state index in [1.165, 1.54) is 0 Å². The van der Waals surface area contributed by atoms with Crippen LogP contribution in [0.15, 0.2) is 6.07 Å². The van der Waals surface area contributed by atoms with Crippen LogP contribution in [-0.4, -0.2) is 13.1 Å². The number of rotatable bonds is 1. The number of benzene rings is 1.